The zero-order valence-electron chi connectivity index (χ0n) is 9.96. The molecule has 0 radical (unpaired) electrons. The van der Waals surface area contributed by atoms with E-state index in [2.05, 4.69) is 10.1 Å². The molecule has 0 unspecified atom stereocenters. The van der Waals surface area contributed by atoms with Gasteiger partial charge in [0, 0.05) is 5.39 Å². The summed E-state index contributed by atoms with van der Waals surface area (Å²) >= 11 is 0. The number of rotatable bonds is 3. The summed E-state index contributed by atoms with van der Waals surface area (Å²) in [6, 6.07) is 9.41. The first-order valence-corrected chi connectivity index (χ1v) is 5.86. The number of nitrogens with zero attached hydrogens (tertiary/aromatic N) is 2. The molecule has 3 rings (SSSR count). The Hall–Kier alpha value is -2.14. The van der Waals surface area contributed by atoms with Crippen molar-refractivity contribution in [3.63, 3.8) is 0 Å². The average molecular weight is 243 g/mol. The number of hydrogen-bond donors (Lipinski definition) is 1. The van der Waals surface area contributed by atoms with Crippen molar-refractivity contribution in [2.45, 2.75) is 19.4 Å². The van der Waals surface area contributed by atoms with E-state index in [1.807, 2.05) is 37.3 Å². The van der Waals surface area contributed by atoms with Gasteiger partial charge in [0.05, 0.1) is 6.04 Å². The van der Waals surface area contributed by atoms with Crippen molar-refractivity contribution < 1.29 is 8.94 Å². The first kappa shape index (κ1) is 11.0. The fourth-order valence-corrected chi connectivity index (χ4v) is 1.75. The van der Waals surface area contributed by atoms with Crippen LogP contribution in [0.15, 0.2) is 39.3 Å². The molecular formula is C13H13N3O2. The summed E-state index contributed by atoms with van der Waals surface area (Å²) in [6.45, 7) is 1.97. The van der Waals surface area contributed by atoms with Crippen LogP contribution in [0.4, 0.5) is 0 Å². The maximum absolute atomic E-state index is 5.83. The zero-order chi connectivity index (χ0) is 12.5. The summed E-state index contributed by atoms with van der Waals surface area (Å²) in [5.74, 6) is 1.47. The number of furan rings is 1. The predicted molar refractivity (Wildman–Crippen MR) is 66.7 cm³/mol. The molecule has 2 heterocycles. The highest BCUT2D eigenvalue weighted by atomic mass is 16.5. The third-order valence-electron chi connectivity index (χ3n) is 2.84. The monoisotopic (exact) mass is 243 g/mol. The molecule has 0 aliphatic rings. The van der Waals surface area contributed by atoms with E-state index < -0.39 is 0 Å². The van der Waals surface area contributed by atoms with Crippen molar-refractivity contribution in [2.24, 2.45) is 5.73 Å². The second-order valence-corrected chi connectivity index (χ2v) is 4.12. The van der Waals surface area contributed by atoms with Crippen LogP contribution in [0.5, 0.6) is 0 Å². The minimum absolute atomic E-state index is 0.226. The van der Waals surface area contributed by atoms with E-state index in [0.29, 0.717) is 17.5 Å². The Balaban J connectivity index is 2.01. The molecule has 0 amide bonds. The van der Waals surface area contributed by atoms with Gasteiger partial charge in [0.2, 0.25) is 11.7 Å². The van der Waals surface area contributed by atoms with Gasteiger partial charge in [-0.05, 0) is 18.6 Å². The largest absolute Gasteiger partial charge is 0.453 e. The van der Waals surface area contributed by atoms with Crippen molar-refractivity contribution in [1.82, 2.24) is 10.1 Å². The zero-order valence-corrected chi connectivity index (χ0v) is 9.96. The molecule has 1 atom stereocenters. The van der Waals surface area contributed by atoms with Crippen molar-refractivity contribution in [3.8, 4) is 11.6 Å². The topological polar surface area (TPSA) is 78.1 Å². The van der Waals surface area contributed by atoms with E-state index >= 15 is 0 Å². The molecule has 0 spiro atoms. The summed E-state index contributed by atoms with van der Waals surface area (Å²) in [7, 11) is 0. The molecule has 18 heavy (non-hydrogen) atoms. The lowest BCUT2D eigenvalue weighted by atomic mass is 10.2. The second kappa shape index (κ2) is 4.27. The molecule has 2 aromatic heterocycles. The molecule has 2 N–H and O–H groups in total. The van der Waals surface area contributed by atoms with Crippen LogP contribution in [0.25, 0.3) is 22.6 Å². The van der Waals surface area contributed by atoms with E-state index in [1.54, 1.807) is 0 Å². The van der Waals surface area contributed by atoms with E-state index in [-0.39, 0.29) is 6.04 Å². The number of nitrogens with two attached hydrogens (primary N) is 1. The molecule has 0 fully saturated rings. The average Bonchev–Trinajstić information content (AvgIpc) is 3.03. The molecule has 1 aromatic carbocycles. The normalized spacial score (nSPS) is 13.0. The van der Waals surface area contributed by atoms with Gasteiger partial charge in [0.15, 0.2) is 5.76 Å². The number of aromatic nitrogens is 2. The van der Waals surface area contributed by atoms with Crippen LogP contribution in [0.1, 0.15) is 25.3 Å². The number of fused-ring (bicyclic) bond motifs is 1. The molecule has 0 saturated carbocycles. The van der Waals surface area contributed by atoms with Crippen molar-refractivity contribution in [2.75, 3.05) is 0 Å². The molecule has 0 bridgehead atoms. The highest BCUT2D eigenvalue weighted by Gasteiger charge is 2.16. The highest BCUT2D eigenvalue weighted by molar-refractivity contribution is 5.81. The van der Waals surface area contributed by atoms with Crippen LogP contribution in [0.3, 0.4) is 0 Å². The van der Waals surface area contributed by atoms with Crippen molar-refractivity contribution in [3.05, 3.63) is 36.2 Å². The molecule has 0 saturated heterocycles. The predicted octanol–water partition coefficient (Wildman–Crippen LogP) is 2.89. The molecule has 5 nitrogen and oxygen atoms in total. The van der Waals surface area contributed by atoms with E-state index in [4.69, 9.17) is 14.7 Å². The minimum Gasteiger partial charge on any atom is -0.453 e. The lowest BCUT2D eigenvalue weighted by molar-refractivity contribution is 0.352. The maximum atomic E-state index is 5.83. The van der Waals surface area contributed by atoms with Crippen LogP contribution in [0.2, 0.25) is 0 Å². The molecular weight excluding hydrogens is 230 g/mol. The number of hydrogen-bond acceptors (Lipinski definition) is 5. The van der Waals surface area contributed by atoms with Crippen LogP contribution < -0.4 is 5.73 Å². The molecule has 0 aliphatic heterocycles. The first-order valence-electron chi connectivity index (χ1n) is 5.86. The standard InChI is InChI=1S/C13H13N3O2/c1-2-9(14)13-15-12(16-18-13)11-7-8-5-3-4-6-10(8)17-11/h3-7,9H,2,14H2,1H3/t9-/m0/s1. The second-order valence-electron chi connectivity index (χ2n) is 4.12. The Kier molecular flexibility index (Phi) is 2.60. The quantitative estimate of drug-likeness (QED) is 0.765. The molecule has 92 valence electrons. The number of benzene rings is 1. The van der Waals surface area contributed by atoms with Crippen LogP contribution in [-0.4, -0.2) is 10.1 Å². The van der Waals surface area contributed by atoms with Crippen molar-refractivity contribution in [1.29, 1.82) is 0 Å². The molecule has 0 aliphatic carbocycles. The summed E-state index contributed by atoms with van der Waals surface area (Å²) < 4.78 is 10.8. The molecule has 5 heteroatoms. The fourth-order valence-electron chi connectivity index (χ4n) is 1.75. The summed E-state index contributed by atoms with van der Waals surface area (Å²) in [6.07, 6.45) is 0.752. The van der Waals surface area contributed by atoms with Crippen molar-refractivity contribution >= 4 is 11.0 Å². The van der Waals surface area contributed by atoms with Crippen LogP contribution in [-0.2, 0) is 0 Å². The maximum Gasteiger partial charge on any atom is 0.243 e. The lowest BCUT2D eigenvalue weighted by Crippen LogP contribution is -2.08. The Morgan fingerprint density at radius 3 is 2.94 bits per heavy atom. The van der Waals surface area contributed by atoms with E-state index in [9.17, 15) is 0 Å². The van der Waals surface area contributed by atoms with Gasteiger partial charge in [0.1, 0.15) is 5.58 Å². The van der Waals surface area contributed by atoms with Gasteiger partial charge in [-0.25, -0.2) is 0 Å². The summed E-state index contributed by atoms with van der Waals surface area (Å²) in [5.41, 5.74) is 6.64. The van der Waals surface area contributed by atoms with Crippen LogP contribution >= 0.6 is 0 Å². The Morgan fingerprint density at radius 1 is 1.33 bits per heavy atom. The Bertz CT molecular complexity index is 638. The third kappa shape index (κ3) is 1.78. The van der Waals surface area contributed by atoms with Gasteiger partial charge in [-0.15, -0.1) is 0 Å². The van der Waals surface area contributed by atoms with E-state index in [1.165, 1.54) is 0 Å². The van der Waals surface area contributed by atoms with Gasteiger partial charge in [-0.3, -0.25) is 0 Å². The van der Waals surface area contributed by atoms with E-state index in [0.717, 1.165) is 17.4 Å². The molecule has 3 aromatic rings. The van der Waals surface area contributed by atoms with Gasteiger partial charge >= 0.3 is 0 Å². The Labute approximate surface area is 104 Å². The minimum atomic E-state index is -0.226. The number of para-hydroxylation sites is 1. The van der Waals surface area contributed by atoms with Gasteiger partial charge in [0.25, 0.3) is 0 Å². The van der Waals surface area contributed by atoms with Crippen LogP contribution in [0, 0.1) is 0 Å². The first-order chi connectivity index (χ1) is 8.78. The fraction of sp³-hybridized carbons (Fsp3) is 0.231. The lowest BCUT2D eigenvalue weighted by Gasteiger charge is -1.98. The van der Waals surface area contributed by atoms with Gasteiger partial charge < -0.3 is 14.7 Å². The summed E-state index contributed by atoms with van der Waals surface area (Å²) in [5, 5.41) is 4.90. The highest BCUT2D eigenvalue weighted by Crippen LogP contribution is 2.26. The smallest absolute Gasteiger partial charge is 0.243 e. The summed E-state index contributed by atoms with van der Waals surface area (Å²) in [4.78, 5) is 4.25. The van der Waals surface area contributed by atoms with Gasteiger partial charge in [-0.2, -0.15) is 4.98 Å². The Morgan fingerprint density at radius 2 is 2.17 bits per heavy atom. The van der Waals surface area contributed by atoms with Gasteiger partial charge in [-0.1, -0.05) is 30.3 Å². The SMILES string of the molecule is CC[C@H](N)c1nc(-c2cc3ccccc3o2)no1. The third-order valence-corrected chi connectivity index (χ3v) is 2.84.